The Hall–Kier alpha value is -2.75. The average Bonchev–Trinajstić information content (AvgIpc) is 3.11. The van der Waals surface area contributed by atoms with Gasteiger partial charge in [-0.3, -0.25) is 4.79 Å². The third-order valence-electron chi connectivity index (χ3n) is 3.14. The van der Waals surface area contributed by atoms with Crippen LogP contribution in [-0.2, 0) is 9.53 Å². The molecule has 9 nitrogen and oxygen atoms in total. The van der Waals surface area contributed by atoms with Crippen molar-refractivity contribution in [3.63, 3.8) is 0 Å². The zero-order chi connectivity index (χ0) is 18.2. The molecule has 0 bridgehead atoms. The number of hydrogen-bond acceptors (Lipinski definition) is 9. The summed E-state index contributed by atoms with van der Waals surface area (Å²) in [6.07, 6.45) is 0. The van der Waals surface area contributed by atoms with Crippen LogP contribution in [0.2, 0.25) is 0 Å². The Morgan fingerprint density at radius 2 is 2.04 bits per heavy atom. The first-order valence-electron chi connectivity index (χ1n) is 7.22. The van der Waals surface area contributed by atoms with Gasteiger partial charge >= 0.3 is 5.97 Å². The van der Waals surface area contributed by atoms with Crippen molar-refractivity contribution in [2.24, 2.45) is 5.10 Å². The standard InChI is InChI=1S/C15H19N5O4S/c1-9(10-5-6-11(22-2)12(7-10)23-3)17-18-14-16-15(20-19-14)25-8-13(21)24-4/h5-7H,8H2,1-4H3,(H2,16,18,19,20)/b17-9+. The highest BCUT2D eigenvalue weighted by Gasteiger charge is 2.09. The van der Waals surface area contributed by atoms with Crippen LogP contribution in [0.15, 0.2) is 28.5 Å². The number of nitrogens with one attached hydrogen (secondary N) is 2. The normalized spacial score (nSPS) is 11.1. The first kappa shape index (κ1) is 18.6. The second kappa shape index (κ2) is 8.92. The van der Waals surface area contributed by atoms with E-state index in [2.05, 4.69) is 30.4 Å². The van der Waals surface area contributed by atoms with Gasteiger partial charge in [-0.2, -0.15) is 10.1 Å². The largest absolute Gasteiger partial charge is 0.493 e. The molecule has 0 saturated heterocycles. The summed E-state index contributed by atoms with van der Waals surface area (Å²) in [5.74, 6) is 1.44. The Balaban J connectivity index is 2.01. The summed E-state index contributed by atoms with van der Waals surface area (Å²) in [4.78, 5) is 15.3. The minimum absolute atomic E-state index is 0.141. The van der Waals surface area contributed by atoms with Crippen molar-refractivity contribution in [3.8, 4) is 11.5 Å². The van der Waals surface area contributed by atoms with Crippen molar-refractivity contribution < 1.29 is 19.0 Å². The second-order valence-corrected chi connectivity index (χ2v) is 5.65. The van der Waals surface area contributed by atoms with E-state index >= 15 is 0 Å². The fraction of sp³-hybridized carbons (Fsp3) is 0.333. The molecule has 0 atom stereocenters. The fourth-order valence-corrected chi connectivity index (χ4v) is 2.44. The van der Waals surface area contributed by atoms with E-state index in [1.807, 2.05) is 25.1 Å². The highest BCUT2D eigenvalue weighted by Crippen LogP contribution is 2.27. The van der Waals surface area contributed by atoms with Gasteiger partial charge in [0.1, 0.15) is 0 Å². The molecule has 0 aliphatic carbocycles. The number of aromatic nitrogens is 3. The van der Waals surface area contributed by atoms with Crippen LogP contribution in [0.3, 0.4) is 0 Å². The van der Waals surface area contributed by atoms with Gasteiger partial charge in [-0.1, -0.05) is 11.8 Å². The minimum Gasteiger partial charge on any atom is -0.493 e. The Morgan fingerprint density at radius 1 is 1.28 bits per heavy atom. The molecule has 2 rings (SSSR count). The quantitative estimate of drug-likeness (QED) is 0.316. The summed E-state index contributed by atoms with van der Waals surface area (Å²) in [7, 11) is 4.49. The van der Waals surface area contributed by atoms with Gasteiger partial charge in [0.25, 0.3) is 0 Å². The predicted molar refractivity (Wildman–Crippen MR) is 94.5 cm³/mol. The molecule has 2 aromatic rings. The Kier molecular flexibility index (Phi) is 6.63. The molecule has 1 heterocycles. The number of hydrogen-bond donors (Lipinski definition) is 2. The van der Waals surface area contributed by atoms with Crippen LogP contribution >= 0.6 is 11.8 Å². The number of anilines is 1. The maximum Gasteiger partial charge on any atom is 0.316 e. The van der Waals surface area contributed by atoms with Gasteiger partial charge in [-0.25, -0.2) is 10.5 Å². The van der Waals surface area contributed by atoms with E-state index < -0.39 is 0 Å². The van der Waals surface area contributed by atoms with Crippen LogP contribution in [-0.4, -0.2) is 53.9 Å². The van der Waals surface area contributed by atoms with Crippen molar-refractivity contribution >= 4 is 29.4 Å². The minimum atomic E-state index is -0.341. The van der Waals surface area contributed by atoms with Crippen LogP contribution in [0, 0.1) is 0 Å². The first-order chi connectivity index (χ1) is 12.1. The van der Waals surface area contributed by atoms with Crippen molar-refractivity contribution in [2.75, 3.05) is 32.5 Å². The zero-order valence-electron chi connectivity index (χ0n) is 14.3. The van der Waals surface area contributed by atoms with E-state index in [-0.39, 0.29) is 11.7 Å². The van der Waals surface area contributed by atoms with Crippen LogP contribution in [0.1, 0.15) is 12.5 Å². The van der Waals surface area contributed by atoms with Gasteiger partial charge in [0.2, 0.25) is 11.1 Å². The van der Waals surface area contributed by atoms with E-state index in [4.69, 9.17) is 9.47 Å². The number of H-pyrrole nitrogens is 1. The SMILES string of the molecule is COC(=O)CSc1n[nH]c(N/N=C(\C)c2ccc(OC)c(OC)c2)n1. The third kappa shape index (κ3) is 5.11. The molecule has 0 spiro atoms. The summed E-state index contributed by atoms with van der Waals surface area (Å²) in [5.41, 5.74) is 4.38. The van der Waals surface area contributed by atoms with Crippen molar-refractivity contribution in [2.45, 2.75) is 12.1 Å². The number of esters is 1. The summed E-state index contributed by atoms with van der Waals surface area (Å²) >= 11 is 1.17. The highest BCUT2D eigenvalue weighted by molar-refractivity contribution is 7.99. The molecule has 0 unspecified atom stereocenters. The molecule has 25 heavy (non-hydrogen) atoms. The number of nitrogens with zero attached hydrogens (tertiary/aromatic N) is 3. The Bertz CT molecular complexity index is 762. The number of ether oxygens (including phenoxy) is 3. The number of methoxy groups -OCH3 is 3. The molecule has 0 saturated carbocycles. The molecule has 0 radical (unpaired) electrons. The first-order valence-corrected chi connectivity index (χ1v) is 8.20. The van der Waals surface area contributed by atoms with Gasteiger partial charge in [0.15, 0.2) is 11.5 Å². The summed E-state index contributed by atoms with van der Waals surface area (Å²) < 4.78 is 15.1. The molecule has 2 N–H and O–H groups in total. The van der Waals surface area contributed by atoms with E-state index in [0.29, 0.717) is 22.6 Å². The summed E-state index contributed by atoms with van der Waals surface area (Å²) in [5, 5.41) is 11.4. The third-order valence-corrected chi connectivity index (χ3v) is 3.96. The topological polar surface area (TPSA) is 111 Å². The Morgan fingerprint density at radius 3 is 2.72 bits per heavy atom. The molecule has 0 amide bonds. The number of benzene rings is 1. The van der Waals surface area contributed by atoms with Crippen molar-refractivity contribution in [1.29, 1.82) is 0 Å². The average molecular weight is 365 g/mol. The molecule has 134 valence electrons. The number of rotatable bonds is 8. The lowest BCUT2D eigenvalue weighted by Gasteiger charge is -2.09. The lowest BCUT2D eigenvalue weighted by molar-refractivity contribution is -0.137. The molecule has 1 aromatic carbocycles. The number of hydrazone groups is 1. The molecule has 1 aromatic heterocycles. The lowest BCUT2D eigenvalue weighted by atomic mass is 10.1. The van der Waals surface area contributed by atoms with E-state index in [0.717, 1.165) is 11.3 Å². The van der Waals surface area contributed by atoms with Crippen LogP contribution in [0.5, 0.6) is 11.5 Å². The fourth-order valence-electron chi connectivity index (χ4n) is 1.81. The van der Waals surface area contributed by atoms with Gasteiger partial charge in [0.05, 0.1) is 32.8 Å². The predicted octanol–water partition coefficient (Wildman–Crippen LogP) is 1.92. The molecule has 10 heteroatoms. The molecular weight excluding hydrogens is 346 g/mol. The van der Waals surface area contributed by atoms with Gasteiger partial charge in [-0.15, -0.1) is 5.10 Å². The highest BCUT2D eigenvalue weighted by atomic mass is 32.2. The second-order valence-electron chi connectivity index (χ2n) is 4.71. The molecule has 0 aliphatic heterocycles. The number of thioether (sulfide) groups is 1. The van der Waals surface area contributed by atoms with Crippen LogP contribution in [0.4, 0.5) is 5.95 Å². The number of aromatic amines is 1. The number of carbonyl (C=O) groups is 1. The van der Waals surface area contributed by atoms with Gasteiger partial charge in [-0.05, 0) is 25.1 Å². The van der Waals surface area contributed by atoms with Crippen molar-refractivity contribution in [3.05, 3.63) is 23.8 Å². The summed E-state index contributed by atoms with van der Waals surface area (Å²) in [6, 6.07) is 5.51. The summed E-state index contributed by atoms with van der Waals surface area (Å²) in [6.45, 7) is 1.84. The van der Waals surface area contributed by atoms with Crippen LogP contribution in [0.25, 0.3) is 0 Å². The maximum absolute atomic E-state index is 11.1. The zero-order valence-corrected chi connectivity index (χ0v) is 15.1. The van der Waals surface area contributed by atoms with E-state index in [1.54, 1.807) is 14.2 Å². The van der Waals surface area contributed by atoms with Gasteiger partial charge in [0, 0.05) is 5.56 Å². The molecular formula is C15H19N5O4S. The molecule has 0 aliphatic rings. The van der Waals surface area contributed by atoms with Crippen molar-refractivity contribution in [1.82, 2.24) is 15.2 Å². The smallest absolute Gasteiger partial charge is 0.316 e. The lowest BCUT2D eigenvalue weighted by Crippen LogP contribution is -2.03. The Labute approximate surface area is 149 Å². The van der Waals surface area contributed by atoms with Gasteiger partial charge < -0.3 is 14.2 Å². The van der Waals surface area contributed by atoms with E-state index in [1.165, 1.54) is 18.9 Å². The van der Waals surface area contributed by atoms with E-state index in [9.17, 15) is 4.79 Å². The number of carbonyl (C=O) groups excluding carboxylic acids is 1. The maximum atomic E-state index is 11.1. The molecule has 0 fully saturated rings. The van der Waals surface area contributed by atoms with Crippen LogP contribution < -0.4 is 14.9 Å². The monoisotopic (exact) mass is 365 g/mol.